The lowest BCUT2D eigenvalue weighted by atomic mass is 9.97. The Morgan fingerprint density at radius 2 is 2.27 bits per heavy atom. The van der Waals surface area contributed by atoms with Crippen molar-refractivity contribution in [2.24, 2.45) is 0 Å². The molecule has 1 rings (SSSR count). The zero-order valence-electron chi connectivity index (χ0n) is 9.37. The molecular weight excluding hydrogens is 210 g/mol. The minimum Gasteiger partial charge on any atom is -0.462 e. The molecular formula is C11H17NO2S. The van der Waals surface area contributed by atoms with Crippen LogP contribution in [0.25, 0.3) is 0 Å². The molecule has 1 unspecified atom stereocenters. The third-order valence-corrected chi connectivity index (χ3v) is 3.30. The summed E-state index contributed by atoms with van der Waals surface area (Å²) in [6.07, 6.45) is 0.989. The van der Waals surface area contributed by atoms with Crippen LogP contribution in [-0.2, 0) is 4.74 Å². The predicted octanol–water partition coefficient (Wildman–Crippen LogP) is 3.02. The minimum atomic E-state index is -0.299. The molecule has 1 heterocycles. The third-order valence-electron chi connectivity index (χ3n) is 2.47. The van der Waals surface area contributed by atoms with Crippen molar-refractivity contribution in [1.82, 2.24) is 0 Å². The van der Waals surface area contributed by atoms with Crippen molar-refractivity contribution < 1.29 is 9.53 Å². The van der Waals surface area contributed by atoms with Crippen LogP contribution in [0.4, 0.5) is 5.00 Å². The Morgan fingerprint density at radius 3 is 2.80 bits per heavy atom. The fourth-order valence-corrected chi connectivity index (χ4v) is 2.31. The number of nitrogens with two attached hydrogens (primary N) is 1. The van der Waals surface area contributed by atoms with Gasteiger partial charge in [-0.1, -0.05) is 13.8 Å². The van der Waals surface area contributed by atoms with Gasteiger partial charge in [-0.25, -0.2) is 4.79 Å². The molecule has 1 atom stereocenters. The lowest BCUT2D eigenvalue weighted by Gasteiger charge is -2.09. The van der Waals surface area contributed by atoms with E-state index in [1.807, 2.05) is 5.38 Å². The van der Waals surface area contributed by atoms with E-state index < -0.39 is 0 Å². The molecule has 2 N–H and O–H groups in total. The highest BCUT2D eigenvalue weighted by molar-refractivity contribution is 7.14. The van der Waals surface area contributed by atoms with Gasteiger partial charge < -0.3 is 10.5 Å². The minimum absolute atomic E-state index is 0.299. The second-order valence-electron chi connectivity index (χ2n) is 3.46. The molecule has 0 aliphatic carbocycles. The van der Waals surface area contributed by atoms with Gasteiger partial charge in [-0.2, -0.15) is 0 Å². The van der Waals surface area contributed by atoms with E-state index in [9.17, 15) is 4.79 Å². The van der Waals surface area contributed by atoms with Crippen LogP contribution in [0.2, 0.25) is 0 Å². The maximum atomic E-state index is 11.7. The van der Waals surface area contributed by atoms with Gasteiger partial charge in [0.1, 0.15) is 5.00 Å². The van der Waals surface area contributed by atoms with Crippen LogP contribution in [-0.4, -0.2) is 12.6 Å². The highest BCUT2D eigenvalue weighted by atomic mass is 32.1. The van der Waals surface area contributed by atoms with E-state index in [0.717, 1.165) is 12.0 Å². The second-order valence-corrected chi connectivity index (χ2v) is 4.37. The van der Waals surface area contributed by atoms with Crippen LogP contribution in [0.5, 0.6) is 0 Å². The van der Waals surface area contributed by atoms with Crippen LogP contribution in [0.15, 0.2) is 5.38 Å². The van der Waals surface area contributed by atoms with Crippen molar-refractivity contribution in [3.8, 4) is 0 Å². The number of anilines is 1. The van der Waals surface area contributed by atoms with Crippen molar-refractivity contribution in [3.63, 3.8) is 0 Å². The first-order valence-electron chi connectivity index (χ1n) is 5.15. The van der Waals surface area contributed by atoms with Gasteiger partial charge in [0.05, 0.1) is 12.2 Å². The number of esters is 1. The van der Waals surface area contributed by atoms with Gasteiger partial charge in [-0.3, -0.25) is 0 Å². The lowest BCUT2D eigenvalue weighted by molar-refractivity contribution is 0.0526. The van der Waals surface area contributed by atoms with Gasteiger partial charge in [-0.05, 0) is 30.2 Å². The van der Waals surface area contributed by atoms with Crippen molar-refractivity contribution in [2.75, 3.05) is 12.3 Å². The average Bonchev–Trinajstić information content (AvgIpc) is 2.59. The Morgan fingerprint density at radius 1 is 1.60 bits per heavy atom. The maximum absolute atomic E-state index is 11.7. The van der Waals surface area contributed by atoms with Crippen molar-refractivity contribution in [3.05, 3.63) is 16.5 Å². The first kappa shape index (κ1) is 12.0. The average molecular weight is 227 g/mol. The molecule has 1 aromatic rings. The predicted molar refractivity (Wildman–Crippen MR) is 63.4 cm³/mol. The Labute approximate surface area is 94.2 Å². The molecule has 0 saturated heterocycles. The molecule has 0 fully saturated rings. The summed E-state index contributed by atoms with van der Waals surface area (Å²) in [7, 11) is 0. The molecule has 0 spiro atoms. The maximum Gasteiger partial charge on any atom is 0.341 e. The molecule has 0 aliphatic rings. The molecule has 0 amide bonds. The van der Waals surface area contributed by atoms with Gasteiger partial charge in [0.2, 0.25) is 0 Å². The first-order valence-corrected chi connectivity index (χ1v) is 6.03. The van der Waals surface area contributed by atoms with Crippen LogP contribution in [0.1, 0.15) is 49.0 Å². The quantitative estimate of drug-likeness (QED) is 0.804. The van der Waals surface area contributed by atoms with Gasteiger partial charge >= 0.3 is 5.97 Å². The molecule has 3 nitrogen and oxygen atoms in total. The fourth-order valence-electron chi connectivity index (χ4n) is 1.39. The number of carbonyl (C=O) groups excluding carboxylic acids is 1. The number of thiophene rings is 1. The van der Waals surface area contributed by atoms with Crippen molar-refractivity contribution in [2.45, 2.75) is 33.1 Å². The summed E-state index contributed by atoms with van der Waals surface area (Å²) in [6.45, 7) is 6.36. The number of hydrogen-bond acceptors (Lipinski definition) is 4. The van der Waals surface area contributed by atoms with E-state index in [-0.39, 0.29) is 5.97 Å². The lowest BCUT2D eigenvalue weighted by Crippen LogP contribution is -2.09. The molecule has 0 bridgehead atoms. The summed E-state index contributed by atoms with van der Waals surface area (Å²) < 4.78 is 4.99. The van der Waals surface area contributed by atoms with Gasteiger partial charge in [0.25, 0.3) is 0 Å². The van der Waals surface area contributed by atoms with Gasteiger partial charge in [0.15, 0.2) is 0 Å². The first-order chi connectivity index (χ1) is 7.11. The number of carbonyl (C=O) groups is 1. The Hall–Kier alpha value is -1.03. The SMILES string of the molecule is CCOC(=O)c1c(C(C)CC)csc1N. The van der Waals surface area contributed by atoms with E-state index in [2.05, 4.69) is 13.8 Å². The summed E-state index contributed by atoms with van der Waals surface area (Å²) in [5.41, 5.74) is 7.36. The molecule has 15 heavy (non-hydrogen) atoms. The molecule has 4 heteroatoms. The van der Waals surface area contributed by atoms with E-state index in [1.54, 1.807) is 6.92 Å². The highest BCUT2D eigenvalue weighted by Crippen LogP contribution is 2.32. The number of rotatable bonds is 4. The van der Waals surface area contributed by atoms with E-state index in [4.69, 9.17) is 10.5 Å². The van der Waals surface area contributed by atoms with Crippen molar-refractivity contribution >= 4 is 22.3 Å². The smallest absolute Gasteiger partial charge is 0.341 e. The van der Waals surface area contributed by atoms with Crippen LogP contribution >= 0.6 is 11.3 Å². The summed E-state index contributed by atoms with van der Waals surface area (Å²) in [5, 5.41) is 2.51. The van der Waals surface area contributed by atoms with E-state index in [0.29, 0.717) is 23.1 Å². The van der Waals surface area contributed by atoms with Crippen LogP contribution in [0.3, 0.4) is 0 Å². The summed E-state index contributed by atoms with van der Waals surface area (Å²) in [5.74, 6) is 0.0458. The normalized spacial score (nSPS) is 12.5. The summed E-state index contributed by atoms with van der Waals surface area (Å²) in [6, 6.07) is 0. The summed E-state index contributed by atoms with van der Waals surface area (Å²) in [4.78, 5) is 11.7. The Kier molecular flexibility index (Phi) is 4.15. The van der Waals surface area contributed by atoms with Crippen LogP contribution < -0.4 is 5.73 Å². The molecule has 0 aromatic carbocycles. The Bertz CT molecular complexity index is 346. The highest BCUT2D eigenvalue weighted by Gasteiger charge is 2.21. The van der Waals surface area contributed by atoms with E-state index >= 15 is 0 Å². The monoisotopic (exact) mass is 227 g/mol. The number of hydrogen-bond donors (Lipinski definition) is 1. The zero-order chi connectivity index (χ0) is 11.4. The van der Waals surface area contributed by atoms with Crippen molar-refractivity contribution in [1.29, 1.82) is 0 Å². The third kappa shape index (κ3) is 2.50. The van der Waals surface area contributed by atoms with Crippen LogP contribution in [0, 0.1) is 0 Å². The second kappa shape index (κ2) is 5.16. The fraction of sp³-hybridized carbons (Fsp3) is 0.545. The standard InChI is InChI=1S/C11H17NO2S/c1-4-7(3)8-6-15-10(12)9(8)11(13)14-5-2/h6-7H,4-5,12H2,1-3H3. The molecule has 0 saturated carbocycles. The van der Waals surface area contributed by atoms with Gasteiger partial charge in [0, 0.05) is 0 Å². The molecule has 0 radical (unpaired) electrons. The van der Waals surface area contributed by atoms with E-state index in [1.165, 1.54) is 11.3 Å². The zero-order valence-corrected chi connectivity index (χ0v) is 10.2. The molecule has 0 aliphatic heterocycles. The largest absolute Gasteiger partial charge is 0.462 e. The number of ether oxygens (including phenoxy) is 1. The summed E-state index contributed by atoms with van der Waals surface area (Å²) >= 11 is 1.41. The van der Waals surface area contributed by atoms with Gasteiger partial charge in [-0.15, -0.1) is 11.3 Å². The molecule has 84 valence electrons. The molecule has 1 aromatic heterocycles. The topological polar surface area (TPSA) is 52.3 Å². The number of nitrogen functional groups attached to an aromatic ring is 1. The Balaban J connectivity index is 3.03.